The number of hydrogen-bond acceptors (Lipinski definition) is 6. The van der Waals surface area contributed by atoms with E-state index < -0.39 is 0 Å². The second kappa shape index (κ2) is 4.82. The zero-order valence-electron chi connectivity index (χ0n) is 7.65. The molecule has 8 heteroatoms. The fourth-order valence-corrected chi connectivity index (χ4v) is 1.70. The predicted octanol–water partition coefficient (Wildman–Crippen LogP) is -0.752. The quantitative estimate of drug-likeness (QED) is 0.227. The van der Waals surface area contributed by atoms with Crippen molar-refractivity contribution in [2.24, 2.45) is 5.84 Å². The van der Waals surface area contributed by atoms with Crippen LogP contribution in [0, 0.1) is 0 Å². The van der Waals surface area contributed by atoms with Crippen LogP contribution < -0.4 is 17.0 Å². The van der Waals surface area contributed by atoms with Gasteiger partial charge in [0.25, 0.3) is 0 Å². The molecule has 0 radical (unpaired) electrons. The minimum Gasteiger partial charge on any atom is -0.368 e. The summed E-state index contributed by atoms with van der Waals surface area (Å²) in [6.45, 7) is 1.88. The first-order valence-electron chi connectivity index (χ1n) is 4.02. The lowest BCUT2D eigenvalue weighted by Crippen LogP contribution is -2.37. The molecule has 0 saturated carbocycles. The molecule has 7 nitrogen and oxygen atoms in total. The molecule has 0 bridgehead atoms. The van der Waals surface area contributed by atoms with Gasteiger partial charge in [0.05, 0.1) is 5.25 Å². The van der Waals surface area contributed by atoms with Crippen molar-refractivity contribution in [1.29, 1.82) is 0 Å². The molecule has 78 valence electrons. The number of nitrogens with one attached hydrogen (secondary N) is 2. The van der Waals surface area contributed by atoms with E-state index in [1.54, 1.807) is 0 Å². The molecule has 0 aliphatic heterocycles. The monoisotopic (exact) mass is 216 g/mol. The maximum absolute atomic E-state index is 11.2. The molecule has 1 rings (SSSR count). The Morgan fingerprint density at radius 1 is 1.79 bits per heavy atom. The molecule has 0 aromatic carbocycles. The third-order valence-corrected chi connectivity index (χ3v) is 2.76. The Labute approximate surface area is 85.0 Å². The zero-order valence-corrected chi connectivity index (χ0v) is 8.47. The maximum atomic E-state index is 11.2. The number of thioether (sulfide) groups is 1. The van der Waals surface area contributed by atoms with Gasteiger partial charge in [-0.05, 0) is 6.42 Å². The van der Waals surface area contributed by atoms with E-state index in [1.165, 1.54) is 11.8 Å². The topological polar surface area (TPSA) is 123 Å². The van der Waals surface area contributed by atoms with Crippen LogP contribution in [0.25, 0.3) is 0 Å². The number of nitrogen functional groups attached to an aromatic ring is 1. The summed E-state index contributed by atoms with van der Waals surface area (Å²) in [5, 5.41) is 6.44. The van der Waals surface area contributed by atoms with E-state index >= 15 is 0 Å². The highest BCUT2D eigenvalue weighted by atomic mass is 32.2. The lowest BCUT2D eigenvalue weighted by Gasteiger charge is -2.09. The van der Waals surface area contributed by atoms with Crippen LogP contribution in [0.2, 0.25) is 0 Å². The molecule has 6 N–H and O–H groups in total. The van der Waals surface area contributed by atoms with E-state index in [2.05, 4.69) is 20.6 Å². The fraction of sp³-hybridized carbons (Fsp3) is 0.500. The molecule has 14 heavy (non-hydrogen) atoms. The Morgan fingerprint density at radius 3 is 2.93 bits per heavy atom. The normalized spacial score (nSPS) is 12.4. The minimum atomic E-state index is -0.296. The molecule has 1 atom stereocenters. The van der Waals surface area contributed by atoms with Gasteiger partial charge < -0.3 is 5.73 Å². The number of hydrazine groups is 1. The summed E-state index contributed by atoms with van der Waals surface area (Å²) in [7, 11) is 0. The summed E-state index contributed by atoms with van der Waals surface area (Å²) in [4.78, 5) is 15.1. The van der Waals surface area contributed by atoms with Crippen LogP contribution >= 0.6 is 11.8 Å². The molecule has 0 aliphatic carbocycles. The van der Waals surface area contributed by atoms with Crippen LogP contribution in [0.15, 0.2) is 5.16 Å². The number of H-pyrrole nitrogens is 1. The van der Waals surface area contributed by atoms with Gasteiger partial charge in [0, 0.05) is 0 Å². The number of nitrogens with zero attached hydrogens (tertiary/aromatic N) is 2. The first kappa shape index (κ1) is 10.8. The Hall–Kier alpha value is -1.28. The Kier molecular flexibility index (Phi) is 3.72. The molecule has 1 aromatic rings. The van der Waals surface area contributed by atoms with Crippen LogP contribution in [0.3, 0.4) is 0 Å². The Morgan fingerprint density at radius 2 is 2.50 bits per heavy atom. The van der Waals surface area contributed by atoms with Gasteiger partial charge in [0.15, 0.2) is 0 Å². The first-order valence-corrected chi connectivity index (χ1v) is 4.90. The van der Waals surface area contributed by atoms with Gasteiger partial charge in [-0.1, -0.05) is 18.7 Å². The van der Waals surface area contributed by atoms with Crippen molar-refractivity contribution >= 4 is 23.6 Å². The van der Waals surface area contributed by atoms with E-state index in [-0.39, 0.29) is 17.1 Å². The number of rotatable bonds is 4. The van der Waals surface area contributed by atoms with Crippen molar-refractivity contribution in [3.05, 3.63) is 0 Å². The highest BCUT2D eigenvalue weighted by Crippen LogP contribution is 2.21. The van der Waals surface area contributed by atoms with E-state index in [4.69, 9.17) is 11.6 Å². The summed E-state index contributed by atoms with van der Waals surface area (Å²) >= 11 is 1.22. The summed E-state index contributed by atoms with van der Waals surface area (Å²) < 4.78 is 0. The maximum Gasteiger partial charge on any atom is 0.247 e. The number of aromatic nitrogens is 3. The van der Waals surface area contributed by atoms with Gasteiger partial charge >= 0.3 is 0 Å². The highest BCUT2D eigenvalue weighted by Gasteiger charge is 2.18. The van der Waals surface area contributed by atoms with E-state index in [9.17, 15) is 4.79 Å². The average molecular weight is 216 g/mol. The predicted molar refractivity (Wildman–Crippen MR) is 53.1 cm³/mol. The fourth-order valence-electron chi connectivity index (χ4n) is 0.853. The van der Waals surface area contributed by atoms with E-state index in [0.717, 1.165) is 0 Å². The van der Waals surface area contributed by atoms with Gasteiger partial charge in [-0.2, -0.15) is 4.98 Å². The van der Waals surface area contributed by atoms with Crippen LogP contribution in [-0.4, -0.2) is 26.3 Å². The van der Waals surface area contributed by atoms with Crippen LogP contribution in [0.1, 0.15) is 13.3 Å². The van der Waals surface area contributed by atoms with Crippen molar-refractivity contribution in [1.82, 2.24) is 20.6 Å². The van der Waals surface area contributed by atoms with Crippen molar-refractivity contribution in [2.45, 2.75) is 23.8 Å². The third kappa shape index (κ3) is 2.60. The lowest BCUT2D eigenvalue weighted by atomic mass is 10.3. The van der Waals surface area contributed by atoms with Gasteiger partial charge in [0.2, 0.25) is 17.0 Å². The summed E-state index contributed by atoms with van der Waals surface area (Å²) in [6.07, 6.45) is 0.641. The number of hydrogen-bond donors (Lipinski definition) is 4. The van der Waals surface area contributed by atoms with Crippen LogP contribution in [0.5, 0.6) is 0 Å². The molecule has 1 aromatic heterocycles. The van der Waals surface area contributed by atoms with Crippen LogP contribution in [0.4, 0.5) is 5.95 Å². The molecule has 0 spiro atoms. The summed E-state index contributed by atoms with van der Waals surface area (Å²) in [5.41, 5.74) is 7.42. The molecule has 0 aliphatic rings. The van der Waals surface area contributed by atoms with Crippen molar-refractivity contribution in [3.63, 3.8) is 0 Å². The van der Waals surface area contributed by atoms with Crippen molar-refractivity contribution < 1.29 is 4.79 Å². The smallest absolute Gasteiger partial charge is 0.247 e. The second-order valence-corrected chi connectivity index (χ2v) is 3.70. The Bertz CT molecular complexity index is 313. The molecule has 1 amide bonds. The number of aromatic amines is 1. The number of amides is 1. The first-order chi connectivity index (χ1) is 6.67. The Balaban J connectivity index is 2.61. The van der Waals surface area contributed by atoms with Gasteiger partial charge in [-0.25, -0.2) is 10.9 Å². The minimum absolute atomic E-state index is 0.232. The van der Waals surface area contributed by atoms with E-state index in [0.29, 0.717) is 11.6 Å². The average Bonchev–Trinajstić information content (AvgIpc) is 2.59. The summed E-state index contributed by atoms with van der Waals surface area (Å²) in [6, 6.07) is 0. The number of carbonyl (C=O) groups is 1. The standard InChI is InChI=1S/C6H12N6OS/c1-2-3(4(13)10-8)14-6-9-5(7)11-12-6/h3H,2,8H2,1H3,(H,10,13)(H3,7,9,11,12). The zero-order chi connectivity index (χ0) is 10.6. The molecule has 1 unspecified atom stereocenters. The number of carbonyl (C=O) groups excluding carboxylic acids is 1. The van der Waals surface area contributed by atoms with Gasteiger partial charge in [-0.15, -0.1) is 5.10 Å². The lowest BCUT2D eigenvalue weighted by molar-refractivity contribution is -0.120. The van der Waals surface area contributed by atoms with Gasteiger partial charge in [-0.3, -0.25) is 10.2 Å². The number of nitrogens with two attached hydrogens (primary N) is 2. The highest BCUT2D eigenvalue weighted by molar-refractivity contribution is 8.00. The second-order valence-electron chi connectivity index (χ2n) is 2.53. The summed E-state index contributed by atoms with van der Waals surface area (Å²) in [5.74, 6) is 5.00. The van der Waals surface area contributed by atoms with Gasteiger partial charge in [0.1, 0.15) is 0 Å². The van der Waals surface area contributed by atoms with Crippen molar-refractivity contribution in [3.8, 4) is 0 Å². The SMILES string of the molecule is CCC(Sc1n[nH]c(N)n1)C(=O)NN. The molecular weight excluding hydrogens is 204 g/mol. The largest absolute Gasteiger partial charge is 0.368 e. The molecule has 0 saturated heterocycles. The van der Waals surface area contributed by atoms with Crippen molar-refractivity contribution in [2.75, 3.05) is 5.73 Å². The molecular formula is C6H12N6OS. The molecule has 1 heterocycles. The third-order valence-electron chi connectivity index (χ3n) is 1.54. The number of anilines is 1. The van der Waals surface area contributed by atoms with Crippen LogP contribution in [-0.2, 0) is 4.79 Å². The molecule has 0 fully saturated rings. The van der Waals surface area contributed by atoms with E-state index in [1.807, 2.05) is 6.92 Å².